The Labute approximate surface area is 176 Å². The van der Waals surface area contributed by atoms with Crippen LogP contribution >= 0.6 is 23.2 Å². The van der Waals surface area contributed by atoms with Crippen molar-refractivity contribution in [2.75, 3.05) is 25.0 Å². The van der Waals surface area contributed by atoms with E-state index < -0.39 is 0 Å². The quantitative estimate of drug-likeness (QED) is 0.652. The van der Waals surface area contributed by atoms with Gasteiger partial charge in [-0.25, -0.2) is 4.79 Å². The van der Waals surface area contributed by atoms with E-state index >= 15 is 0 Å². The lowest BCUT2D eigenvalue weighted by atomic mass is 10.0. The molecule has 1 aliphatic heterocycles. The summed E-state index contributed by atoms with van der Waals surface area (Å²) in [6.07, 6.45) is 2.74. The van der Waals surface area contributed by atoms with Crippen LogP contribution in [0.3, 0.4) is 0 Å². The standard InChI is InChI=1S/C21H26Cl2N4O/c22-19-6-3-16(13-20(19)23)14-25-21(28)27-11-8-18(9-12-27)26-17-4-1-15(2-5-17)7-10-24/h1-6,13,18,26H,7-12,14,24H2,(H,25,28). The molecule has 28 heavy (non-hydrogen) atoms. The van der Waals surface area contributed by atoms with Crippen molar-refractivity contribution in [2.24, 2.45) is 5.73 Å². The molecule has 3 rings (SSSR count). The van der Waals surface area contributed by atoms with E-state index in [1.54, 1.807) is 12.1 Å². The Bertz CT molecular complexity index is 789. The van der Waals surface area contributed by atoms with E-state index in [0.717, 1.165) is 43.6 Å². The number of nitrogens with two attached hydrogens (primary N) is 1. The van der Waals surface area contributed by atoms with Crippen LogP contribution in [0.2, 0.25) is 10.0 Å². The molecule has 1 heterocycles. The molecule has 0 aromatic heterocycles. The van der Waals surface area contributed by atoms with Gasteiger partial charge in [-0.3, -0.25) is 0 Å². The smallest absolute Gasteiger partial charge is 0.317 e. The van der Waals surface area contributed by atoms with E-state index in [0.29, 0.717) is 29.2 Å². The first-order valence-corrected chi connectivity index (χ1v) is 10.3. The van der Waals surface area contributed by atoms with Crippen LogP contribution in [0.1, 0.15) is 24.0 Å². The number of urea groups is 1. The van der Waals surface area contributed by atoms with E-state index in [1.165, 1.54) is 5.56 Å². The summed E-state index contributed by atoms with van der Waals surface area (Å²) in [5.41, 5.74) is 8.88. The van der Waals surface area contributed by atoms with Crippen molar-refractivity contribution in [3.05, 3.63) is 63.6 Å². The number of piperidine rings is 1. The Morgan fingerprint density at radius 2 is 1.71 bits per heavy atom. The van der Waals surface area contributed by atoms with Crippen LogP contribution in [0.25, 0.3) is 0 Å². The number of hydrogen-bond acceptors (Lipinski definition) is 3. The average molecular weight is 421 g/mol. The van der Waals surface area contributed by atoms with Gasteiger partial charge in [0.05, 0.1) is 10.0 Å². The summed E-state index contributed by atoms with van der Waals surface area (Å²) in [5.74, 6) is 0. The molecule has 1 aliphatic rings. The maximum Gasteiger partial charge on any atom is 0.317 e. The highest BCUT2D eigenvalue weighted by molar-refractivity contribution is 6.42. The predicted molar refractivity (Wildman–Crippen MR) is 116 cm³/mol. The second kappa shape index (κ2) is 10.0. The van der Waals surface area contributed by atoms with Crippen LogP contribution in [-0.2, 0) is 13.0 Å². The Hall–Kier alpha value is -1.95. The van der Waals surface area contributed by atoms with Gasteiger partial charge < -0.3 is 21.3 Å². The van der Waals surface area contributed by atoms with Crippen molar-refractivity contribution in [3.63, 3.8) is 0 Å². The molecule has 1 saturated heterocycles. The lowest BCUT2D eigenvalue weighted by molar-refractivity contribution is 0.183. The van der Waals surface area contributed by atoms with Gasteiger partial charge in [-0.1, -0.05) is 41.4 Å². The minimum Gasteiger partial charge on any atom is -0.382 e. The molecule has 0 bridgehead atoms. The molecule has 0 atom stereocenters. The Morgan fingerprint density at radius 3 is 2.36 bits per heavy atom. The number of anilines is 1. The monoisotopic (exact) mass is 420 g/mol. The second-order valence-corrected chi connectivity index (χ2v) is 7.86. The van der Waals surface area contributed by atoms with E-state index in [-0.39, 0.29) is 6.03 Å². The third-order valence-corrected chi connectivity index (χ3v) is 5.71. The molecule has 2 aromatic carbocycles. The Morgan fingerprint density at radius 1 is 1.04 bits per heavy atom. The number of hydrogen-bond donors (Lipinski definition) is 3. The summed E-state index contributed by atoms with van der Waals surface area (Å²) in [5, 5.41) is 7.53. The van der Waals surface area contributed by atoms with Gasteiger partial charge in [-0.05, 0) is 61.2 Å². The molecule has 7 heteroatoms. The zero-order chi connectivity index (χ0) is 19.9. The van der Waals surface area contributed by atoms with Gasteiger partial charge in [-0.2, -0.15) is 0 Å². The number of benzene rings is 2. The first kappa shape index (κ1) is 20.8. The number of amides is 2. The molecule has 0 saturated carbocycles. The van der Waals surface area contributed by atoms with Gasteiger partial charge in [0.1, 0.15) is 0 Å². The number of carbonyl (C=O) groups is 1. The van der Waals surface area contributed by atoms with Gasteiger partial charge >= 0.3 is 6.03 Å². The Balaban J connectivity index is 1.42. The van der Waals surface area contributed by atoms with Gasteiger partial charge in [-0.15, -0.1) is 0 Å². The van der Waals surface area contributed by atoms with Crippen molar-refractivity contribution < 1.29 is 4.79 Å². The van der Waals surface area contributed by atoms with E-state index in [9.17, 15) is 4.79 Å². The van der Waals surface area contributed by atoms with Crippen LogP contribution in [0.5, 0.6) is 0 Å². The molecule has 2 aromatic rings. The molecule has 2 amide bonds. The lowest BCUT2D eigenvalue weighted by Crippen LogP contribution is -2.46. The average Bonchev–Trinajstić information content (AvgIpc) is 2.71. The summed E-state index contributed by atoms with van der Waals surface area (Å²) < 4.78 is 0. The van der Waals surface area contributed by atoms with Crippen molar-refractivity contribution in [1.29, 1.82) is 0 Å². The summed E-state index contributed by atoms with van der Waals surface area (Å²) in [4.78, 5) is 14.3. The molecule has 5 nitrogen and oxygen atoms in total. The molecule has 0 aliphatic carbocycles. The fourth-order valence-electron chi connectivity index (χ4n) is 3.34. The lowest BCUT2D eigenvalue weighted by Gasteiger charge is -2.33. The van der Waals surface area contributed by atoms with Crippen molar-refractivity contribution in [1.82, 2.24) is 10.2 Å². The molecular weight excluding hydrogens is 395 g/mol. The molecule has 0 unspecified atom stereocenters. The van der Waals surface area contributed by atoms with Crippen LogP contribution in [0, 0.1) is 0 Å². The largest absolute Gasteiger partial charge is 0.382 e. The highest BCUT2D eigenvalue weighted by atomic mass is 35.5. The van der Waals surface area contributed by atoms with E-state index in [2.05, 4.69) is 34.9 Å². The topological polar surface area (TPSA) is 70.4 Å². The van der Waals surface area contributed by atoms with Crippen LogP contribution in [0.15, 0.2) is 42.5 Å². The van der Waals surface area contributed by atoms with Crippen molar-refractivity contribution >= 4 is 34.9 Å². The second-order valence-electron chi connectivity index (χ2n) is 7.05. The fourth-order valence-corrected chi connectivity index (χ4v) is 3.66. The highest BCUT2D eigenvalue weighted by Gasteiger charge is 2.22. The molecule has 1 fully saturated rings. The SMILES string of the molecule is NCCc1ccc(NC2CCN(C(=O)NCc3ccc(Cl)c(Cl)c3)CC2)cc1. The van der Waals surface area contributed by atoms with Crippen LogP contribution in [0.4, 0.5) is 10.5 Å². The maximum absolute atomic E-state index is 12.4. The maximum atomic E-state index is 12.4. The summed E-state index contributed by atoms with van der Waals surface area (Å²) in [6.45, 7) is 2.56. The summed E-state index contributed by atoms with van der Waals surface area (Å²) in [7, 11) is 0. The van der Waals surface area contributed by atoms with E-state index in [4.69, 9.17) is 28.9 Å². The summed E-state index contributed by atoms with van der Waals surface area (Å²) >= 11 is 11.9. The van der Waals surface area contributed by atoms with Crippen molar-refractivity contribution in [2.45, 2.75) is 31.8 Å². The molecule has 0 radical (unpaired) electrons. The minimum atomic E-state index is -0.0457. The third-order valence-electron chi connectivity index (χ3n) is 4.97. The fraction of sp³-hybridized carbons (Fsp3) is 0.381. The van der Waals surface area contributed by atoms with Gasteiger partial charge in [0.25, 0.3) is 0 Å². The normalized spacial score (nSPS) is 14.8. The zero-order valence-electron chi connectivity index (χ0n) is 15.8. The van der Waals surface area contributed by atoms with Gasteiger partial charge in [0, 0.05) is 31.4 Å². The number of nitrogens with one attached hydrogen (secondary N) is 2. The van der Waals surface area contributed by atoms with Crippen LogP contribution in [-0.4, -0.2) is 36.6 Å². The number of likely N-dealkylation sites (tertiary alicyclic amines) is 1. The molecule has 150 valence electrons. The number of carbonyl (C=O) groups excluding carboxylic acids is 1. The zero-order valence-corrected chi connectivity index (χ0v) is 17.3. The van der Waals surface area contributed by atoms with E-state index in [1.807, 2.05) is 11.0 Å². The summed E-state index contributed by atoms with van der Waals surface area (Å²) in [6, 6.07) is 14.1. The van der Waals surface area contributed by atoms with Crippen molar-refractivity contribution in [3.8, 4) is 0 Å². The number of nitrogens with zero attached hydrogens (tertiary/aromatic N) is 1. The number of rotatable bonds is 6. The first-order chi connectivity index (χ1) is 13.5. The molecule has 4 N–H and O–H groups in total. The third kappa shape index (κ3) is 5.77. The molecular formula is C21H26Cl2N4O. The minimum absolute atomic E-state index is 0.0457. The number of halogens is 2. The van der Waals surface area contributed by atoms with Gasteiger partial charge in [0.2, 0.25) is 0 Å². The highest BCUT2D eigenvalue weighted by Crippen LogP contribution is 2.22. The molecule has 0 spiro atoms. The predicted octanol–water partition coefficient (Wildman–Crippen LogP) is 4.28. The first-order valence-electron chi connectivity index (χ1n) is 9.57. The van der Waals surface area contributed by atoms with Crippen LogP contribution < -0.4 is 16.4 Å². The Kier molecular flexibility index (Phi) is 7.43. The van der Waals surface area contributed by atoms with Gasteiger partial charge in [0.15, 0.2) is 0 Å².